The molecule has 0 spiro atoms. The summed E-state index contributed by atoms with van der Waals surface area (Å²) in [6, 6.07) is 10.1. The zero-order chi connectivity index (χ0) is 16.2. The Kier molecular flexibility index (Phi) is 4.78. The van der Waals surface area contributed by atoms with Crippen LogP contribution in [0.25, 0.3) is 5.69 Å². The summed E-state index contributed by atoms with van der Waals surface area (Å²) in [6.45, 7) is 2.28. The zero-order valence-corrected chi connectivity index (χ0v) is 14.3. The maximum atomic E-state index is 4.19. The minimum Gasteiger partial charge on any atom is -0.370 e. The zero-order valence-electron chi connectivity index (χ0n) is 14.3. The Morgan fingerprint density at radius 1 is 0.875 bits per heavy atom. The molecule has 5 nitrogen and oxygen atoms in total. The number of anilines is 1. The lowest BCUT2D eigenvalue weighted by Gasteiger charge is -2.37. The van der Waals surface area contributed by atoms with Gasteiger partial charge in [0.2, 0.25) is 0 Å². The van der Waals surface area contributed by atoms with E-state index in [0.717, 1.165) is 24.8 Å². The van der Waals surface area contributed by atoms with Crippen LogP contribution in [-0.4, -0.2) is 39.9 Å². The van der Waals surface area contributed by atoms with E-state index >= 15 is 0 Å². The molecule has 128 valence electrons. The monoisotopic (exact) mass is 325 g/mol. The van der Waals surface area contributed by atoms with Crippen molar-refractivity contribution in [1.82, 2.24) is 20.1 Å². The number of aromatic nitrogens is 3. The third-order valence-electron chi connectivity index (χ3n) is 5.40. The molecule has 1 aromatic heterocycles. The Morgan fingerprint density at radius 3 is 2.38 bits per heavy atom. The molecule has 0 bridgehead atoms. The van der Waals surface area contributed by atoms with Gasteiger partial charge in [-0.1, -0.05) is 19.3 Å². The minimum absolute atomic E-state index is 0.636. The quantitative estimate of drug-likeness (QED) is 0.938. The normalized spacial score (nSPS) is 22.7. The van der Waals surface area contributed by atoms with E-state index in [1.54, 1.807) is 17.3 Å². The van der Waals surface area contributed by atoms with Gasteiger partial charge >= 0.3 is 0 Å². The molecule has 4 rings (SSSR count). The van der Waals surface area contributed by atoms with Crippen molar-refractivity contribution in [3.05, 3.63) is 36.9 Å². The Hall–Kier alpha value is -1.88. The van der Waals surface area contributed by atoms with E-state index in [2.05, 4.69) is 44.6 Å². The Balaban J connectivity index is 1.38. The second-order valence-corrected chi connectivity index (χ2v) is 7.14. The predicted octanol–water partition coefficient (Wildman–Crippen LogP) is 3.16. The number of hydrogen-bond acceptors (Lipinski definition) is 4. The average molecular weight is 325 g/mol. The van der Waals surface area contributed by atoms with Crippen LogP contribution in [-0.2, 0) is 0 Å². The van der Waals surface area contributed by atoms with Crippen molar-refractivity contribution in [2.45, 2.75) is 57.0 Å². The molecule has 1 aliphatic carbocycles. The van der Waals surface area contributed by atoms with Crippen molar-refractivity contribution in [3.63, 3.8) is 0 Å². The molecule has 2 heterocycles. The molecule has 1 saturated carbocycles. The van der Waals surface area contributed by atoms with Gasteiger partial charge in [0.25, 0.3) is 0 Å². The van der Waals surface area contributed by atoms with Gasteiger partial charge in [-0.05, 0) is 49.9 Å². The molecule has 2 aliphatic rings. The lowest BCUT2D eigenvalue weighted by Crippen LogP contribution is -2.49. The molecular weight excluding hydrogens is 298 g/mol. The summed E-state index contributed by atoms with van der Waals surface area (Å²) in [5.41, 5.74) is 2.37. The third-order valence-corrected chi connectivity index (χ3v) is 5.40. The first kappa shape index (κ1) is 15.6. The highest BCUT2D eigenvalue weighted by atomic mass is 15.3. The summed E-state index contributed by atoms with van der Waals surface area (Å²) < 4.78 is 1.80. The Morgan fingerprint density at radius 2 is 1.62 bits per heavy atom. The first-order valence-electron chi connectivity index (χ1n) is 9.34. The van der Waals surface area contributed by atoms with Gasteiger partial charge in [0.15, 0.2) is 0 Å². The molecule has 1 aromatic carbocycles. The lowest BCUT2D eigenvalue weighted by molar-refractivity contribution is 0.312. The van der Waals surface area contributed by atoms with Crippen molar-refractivity contribution in [3.8, 4) is 5.69 Å². The fraction of sp³-hybridized carbons (Fsp3) is 0.579. The molecule has 2 fully saturated rings. The average Bonchev–Trinajstić information content (AvgIpc) is 3.18. The highest BCUT2D eigenvalue weighted by Gasteiger charge is 2.23. The summed E-state index contributed by atoms with van der Waals surface area (Å²) in [6.07, 6.45) is 12.8. The van der Waals surface area contributed by atoms with Crippen LogP contribution in [0.3, 0.4) is 0 Å². The van der Waals surface area contributed by atoms with Gasteiger partial charge in [-0.3, -0.25) is 0 Å². The van der Waals surface area contributed by atoms with Crippen molar-refractivity contribution >= 4 is 5.69 Å². The number of nitrogens with one attached hydrogen (secondary N) is 1. The van der Waals surface area contributed by atoms with Gasteiger partial charge in [-0.25, -0.2) is 9.67 Å². The minimum atomic E-state index is 0.636. The van der Waals surface area contributed by atoms with E-state index in [1.165, 1.54) is 50.6 Å². The van der Waals surface area contributed by atoms with Crippen LogP contribution in [0, 0.1) is 0 Å². The van der Waals surface area contributed by atoms with Crippen LogP contribution in [0.2, 0.25) is 0 Å². The van der Waals surface area contributed by atoms with E-state index in [4.69, 9.17) is 0 Å². The topological polar surface area (TPSA) is 46.0 Å². The van der Waals surface area contributed by atoms with Crippen molar-refractivity contribution in [2.24, 2.45) is 0 Å². The van der Waals surface area contributed by atoms with Crippen molar-refractivity contribution in [2.75, 3.05) is 18.0 Å². The first-order valence-corrected chi connectivity index (χ1v) is 9.34. The molecule has 0 amide bonds. The highest BCUT2D eigenvalue weighted by molar-refractivity contribution is 5.51. The summed E-state index contributed by atoms with van der Waals surface area (Å²) in [5, 5.41) is 8.11. The van der Waals surface area contributed by atoms with E-state index in [0.29, 0.717) is 6.04 Å². The van der Waals surface area contributed by atoms with Gasteiger partial charge in [-0.2, -0.15) is 5.10 Å². The molecule has 5 heteroatoms. The van der Waals surface area contributed by atoms with Crippen LogP contribution in [0.5, 0.6) is 0 Å². The molecule has 1 unspecified atom stereocenters. The standard InChI is InChI=1S/C19H27N5/c1-2-5-16(6-3-1)22-17-7-4-12-23(13-17)18-8-10-19(11-9-18)24-15-20-14-21-24/h8-11,14-17,22H,1-7,12-13H2. The molecule has 1 aliphatic heterocycles. The molecular formula is C19H27N5. The van der Waals surface area contributed by atoms with Gasteiger partial charge in [-0.15, -0.1) is 0 Å². The highest BCUT2D eigenvalue weighted by Crippen LogP contribution is 2.23. The van der Waals surface area contributed by atoms with E-state index < -0.39 is 0 Å². The predicted molar refractivity (Wildman–Crippen MR) is 96.6 cm³/mol. The molecule has 24 heavy (non-hydrogen) atoms. The maximum Gasteiger partial charge on any atom is 0.138 e. The lowest BCUT2D eigenvalue weighted by atomic mass is 9.93. The van der Waals surface area contributed by atoms with Crippen molar-refractivity contribution in [1.29, 1.82) is 0 Å². The summed E-state index contributed by atoms with van der Waals surface area (Å²) in [7, 11) is 0. The summed E-state index contributed by atoms with van der Waals surface area (Å²) in [4.78, 5) is 6.53. The van der Waals surface area contributed by atoms with Gasteiger partial charge in [0.1, 0.15) is 12.7 Å². The third kappa shape index (κ3) is 3.61. The number of hydrogen-bond donors (Lipinski definition) is 1. The van der Waals surface area contributed by atoms with Gasteiger partial charge < -0.3 is 10.2 Å². The van der Waals surface area contributed by atoms with Crippen LogP contribution in [0.15, 0.2) is 36.9 Å². The van der Waals surface area contributed by atoms with E-state index in [1.807, 2.05) is 0 Å². The molecule has 1 saturated heterocycles. The number of benzene rings is 1. The summed E-state index contributed by atoms with van der Waals surface area (Å²) in [5.74, 6) is 0. The number of piperidine rings is 1. The fourth-order valence-corrected chi connectivity index (χ4v) is 4.11. The van der Waals surface area contributed by atoms with Crippen molar-refractivity contribution < 1.29 is 0 Å². The number of rotatable bonds is 4. The summed E-state index contributed by atoms with van der Waals surface area (Å²) >= 11 is 0. The van der Waals surface area contributed by atoms with Crippen LogP contribution < -0.4 is 10.2 Å². The molecule has 0 radical (unpaired) electrons. The van der Waals surface area contributed by atoms with E-state index in [-0.39, 0.29) is 0 Å². The Bertz CT molecular complexity index is 616. The van der Waals surface area contributed by atoms with Crippen LogP contribution >= 0.6 is 0 Å². The molecule has 1 atom stereocenters. The van der Waals surface area contributed by atoms with Gasteiger partial charge in [0.05, 0.1) is 5.69 Å². The molecule has 2 aromatic rings. The van der Waals surface area contributed by atoms with Gasteiger partial charge in [0, 0.05) is 30.9 Å². The fourth-order valence-electron chi connectivity index (χ4n) is 4.11. The maximum absolute atomic E-state index is 4.19. The van der Waals surface area contributed by atoms with E-state index in [9.17, 15) is 0 Å². The SMILES string of the molecule is c1ncn(-c2ccc(N3CCCC(NC4CCCCC4)C3)cc2)n1. The Labute approximate surface area is 144 Å². The largest absolute Gasteiger partial charge is 0.370 e. The molecule has 1 N–H and O–H groups in total. The second kappa shape index (κ2) is 7.34. The first-order chi connectivity index (χ1) is 11.9. The van der Waals surface area contributed by atoms with Crippen LogP contribution in [0.1, 0.15) is 44.9 Å². The number of nitrogens with zero attached hydrogens (tertiary/aromatic N) is 4. The smallest absolute Gasteiger partial charge is 0.138 e. The van der Waals surface area contributed by atoms with Crippen LogP contribution in [0.4, 0.5) is 5.69 Å². The second-order valence-electron chi connectivity index (χ2n) is 7.14.